The molecule has 3 fully saturated rings. The summed E-state index contributed by atoms with van der Waals surface area (Å²) in [5.41, 5.74) is 0.906. The van der Waals surface area contributed by atoms with E-state index in [1.165, 1.54) is 0 Å². The number of carbonyl (C=O) groups is 1. The van der Waals surface area contributed by atoms with E-state index in [1.807, 2.05) is 30.3 Å². The lowest BCUT2D eigenvalue weighted by Gasteiger charge is -2.41. The summed E-state index contributed by atoms with van der Waals surface area (Å²) in [6, 6.07) is 9.12. The van der Waals surface area contributed by atoms with Gasteiger partial charge < -0.3 is 34.1 Å². The molecule has 0 aliphatic carbocycles. The summed E-state index contributed by atoms with van der Waals surface area (Å²) in [4.78, 5) is 12.0. The van der Waals surface area contributed by atoms with E-state index < -0.39 is 42.6 Å². The number of ether oxygens (including phenoxy) is 5. The van der Waals surface area contributed by atoms with Crippen molar-refractivity contribution in [2.75, 3.05) is 6.61 Å². The van der Waals surface area contributed by atoms with Gasteiger partial charge in [-0.25, -0.2) is 4.79 Å². The number of fused-ring (bicyclic) bond motifs is 1. The minimum absolute atomic E-state index is 0.189. The first-order valence-electron chi connectivity index (χ1n) is 8.71. The van der Waals surface area contributed by atoms with Crippen molar-refractivity contribution in [1.82, 2.24) is 5.32 Å². The van der Waals surface area contributed by atoms with E-state index in [0.29, 0.717) is 6.61 Å². The highest BCUT2D eigenvalue weighted by molar-refractivity contribution is 5.67. The predicted octanol–water partition coefficient (Wildman–Crippen LogP) is 0.917. The average Bonchev–Trinajstić information content (AvgIpc) is 3.04. The fraction of sp³-hybridized carbons (Fsp3) is 0.611. The molecule has 3 aliphatic rings. The SMILES string of the molecule is CC1(C)O[C@H]2O[C@H]([C@H]3OC[C@@H]3NC(=O)OCc3ccccc3)[C@H](O)[C@H]2O1. The van der Waals surface area contributed by atoms with Crippen LogP contribution in [0.15, 0.2) is 30.3 Å². The number of nitrogens with one attached hydrogen (secondary N) is 1. The summed E-state index contributed by atoms with van der Waals surface area (Å²) in [5.74, 6) is -0.791. The Hall–Kier alpha value is -1.71. The van der Waals surface area contributed by atoms with Crippen molar-refractivity contribution in [2.45, 2.75) is 63.0 Å². The zero-order chi connectivity index (χ0) is 18.3. The van der Waals surface area contributed by atoms with Crippen molar-refractivity contribution >= 4 is 6.09 Å². The fourth-order valence-electron chi connectivity index (χ4n) is 3.46. The molecule has 6 atom stereocenters. The van der Waals surface area contributed by atoms with Gasteiger partial charge in [0.05, 0.1) is 12.6 Å². The van der Waals surface area contributed by atoms with E-state index in [4.69, 9.17) is 23.7 Å². The Morgan fingerprint density at radius 1 is 1.23 bits per heavy atom. The summed E-state index contributed by atoms with van der Waals surface area (Å²) in [5, 5.41) is 13.2. The molecule has 8 nitrogen and oxygen atoms in total. The number of aliphatic hydroxyl groups excluding tert-OH is 1. The second-order valence-electron chi connectivity index (χ2n) is 7.17. The van der Waals surface area contributed by atoms with Crippen LogP contribution in [-0.4, -0.2) is 60.3 Å². The average molecular weight is 365 g/mol. The lowest BCUT2D eigenvalue weighted by Crippen LogP contribution is -2.62. The van der Waals surface area contributed by atoms with Gasteiger partial charge in [0.25, 0.3) is 0 Å². The van der Waals surface area contributed by atoms with Crippen LogP contribution < -0.4 is 5.32 Å². The molecule has 8 heteroatoms. The number of aliphatic hydroxyl groups is 1. The van der Waals surface area contributed by atoms with E-state index in [-0.39, 0.29) is 12.6 Å². The number of hydrogen-bond donors (Lipinski definition) is 2. The standard InChI is InChI=1S/C18H23NO7/c1-18(2)25-15-12(20)14(24-16(15)26-18)13-11(9-22-13)19-17(21)23-8-10-6-4-3-5-7-10/h3-7,11-16,20H,8-9H2,1-2H3,(H,19,21)/t11-,12-,13-,14-,15+,16+/m0/s1. The minimum Gasteiger partial charge on any atom is -0.445 e. The molecule has 0 unspecified atom stereocenters. The third-order valence-electron chi connectivity index (χ3n) is 4.76. The molecule has 3 aliphatic heterocycles. The number of benzene rings is 1. The topological polar surface area (TPSA) is 95.5 Å². The number of alkyl carbamates (subject to hydrolysis) is 1. The molecule has 0 saturated carbocycles. The van der Waals surface area contributed by atoms with E-state index >= 15 is 0 Å². The molecule has 2 N–H and O–H groups in total. The van der Waals surface area contributed by atoms with Crippen LogP contribution in [0.2, 0.25) is 0 Å². The lowest BCUT2D eigenvalue weighted by atomic mass is 9.96. The van der Waals surface area contributed by atoms with Gasteiger partial charge in [-0.2, -0.15) is 0 Å². The quantitative estimate of drug-likeness (QED) is 0.819. The highest BCUT2D eigenvalue weighted by Crippen LogP contribution is 2.40. The predicted molar refractivity (Wildman–Crippen MR) is 88.0 cm³/mol. The second-order valence-corrected chi connectivity index (χ2v) is 7.17. The highest BCUT2D eigenvalue weighted by atomic mass is 16.8. The van der Waals surface area contributed by atoms with Gasteiger partial charge in [0.2, 0.25) is 0 Å². The normalized spacial score (nSPS) is 37.7. The Kier molecular flexibility index (Phi) is 4.62. The molecule has 3 heterocycles. The Balaban J connectivity index is 1.28. The van der Waals surface area contributed by atoms with Crippen LogP contribution in [0.3, 0.4) is 0 Å². The largest absolute Gasteiger partial charge is 0.445 e. The van der Waals surface area contributed by atoms with Crippen molar-refractivity contribution < 1.29 is 33.6 Å². The van der Waals surface area contributed by atoms with Crippen LogP contribution in [0.5, 0.6) is 0 Å². The van der Waals surface area contributed by atoms with E-state index in [0.717, 1.165) is 5.56 Å². The molecule has 0 bridgehead atoms. The van der Waals surface area contributed by atoms with Gasteiger partial charge in [-0.15, -0.1) is 0 Å². The van der Waals surface area contributed by atoms with Gasteiger partial charge in [0.1, 0.15) is 31.0 Å². The van der Waals surface area contributed by atoms with Crippen LogP contribution >= 0.6 is 0 Å². The monoisotopic (exact) mass is 365 g/mol. The molecule has 0 aromatic heterocycles. The third kappa shape index (κ3) is 3.43. The molecule has 1 aromatic rings. The molecule has 1 aromatic carbocycles. The van der Waals surface area contributed by atoms with Gasteiger partial charge in [-0.3, -0.25) is 0 Å². The summed E-state index contributed by atoms with van der Waals surface area (Å²) < 4.78 is 27.8. The number of rotatable bonds is 4. The van der Waals surface area contributed by atoms with E-state index in [1.54, 1.807) is 13.8 Å². The maximum Gasteiger partial charge on any atom is 0.407 e. The fourth-order valence-corrected chi connectivity index (χ4v) is 3.46. The zero-order valence-corrected chi connectivity index (χ0v) is 14.7. The Labute approximate surface area is 151 Å². The summed E-state index contributed by atoms with van der Waals surface area (Å²) in [6.45, 7) is 4.06. The van der Waals surface area contributed by atoms with Crippen molar-refractivity contribution in [3.8, 4) is 0 Å². The molecule has 0 spiro atoms. The Morgan fingerprint density at radius 2 is 2.00 bits per heavy atom. The van der Waals surface area contributed by atoms with Crippen LogP contribution in [-0.2, 0) is 30.3 Å². The van der Waals surface area contributed by atoms with Crippen LogP contribution in [0.1, 0.15) is 19.4 Å². The number of hydrogen-bond acceptors (Lipinski definition) is 7. The molecule has 1 amide bonds. The van der Waals surface area contributed by atoms with Crippen molar-refractivity contribution in [1.29, 1.82) is 0 Å². The van der Waals surface area contributed by atoms with Crippen LogP contribution in [0.4, 0.5) is 4.79 Å². The first-order chi connectivity index (χ1) is 12.4. The van der Waals surface area contributed by atoms with Gasteiger partial charge in [0.15, 0.2) is 12.1 Å². The van der Waals surface area contributed by atoms with Crippen molar-refractivity contribution in [3.05, 3.63) is 35.9 Å². The van der Waals surface area contributed by atoms with E-state index in [2.05, 4.69) is 5.32 Å². The van der Waals surface area contributed by atoms with E-state index in [9.17, 15) is 9.90 Å². The summed E-state index contributed by atoms with van der Waals surface area (Å²) in [6.07, 6.45) is -3.74. The summed E-state index contributed by atoms with van der Waals surface area (Å²) >= 11 is 0. The minimum atomic E-state index is -0.892. The first-order valence-corrected chi connectivity index (χ1v) is 8.71. The van der Waals surface area contributed by atoms with Gasteiger partial charge in [-0.05, 0) is 19.4 Å². The molecule has 0 radical (unpaired) electrons. The first kappa shape index (κ1) is 17.7. The second kappa shape index (κ2) is 6.79. The number of amides is 1. The lowest BCUT2D eigenvalue weighted by molar-refractivity contribution is -0.246. The maximum absolute atomic E-state index is 12.0. The van der Waals surface area contributed by atoms with Gasteiger partial charge >= 0.3 is 6.09 Å². The van der Waals surface area contributed by atoms with Crippen LogP contribution in [0, 0.1) is 0 Å². The molecule has 4 rings (SSSR count). The Morgan fingerprint density at radius 3 is 2.65 bits per heavy atom. The smallest absolute Gasteiger partial charge is 0.407 e. The zero-order valence-electron chi connectivity index (χ0n) is 14.7. The molecule has 26 heavy (non-hydrogen) atoms. The van der Waals surface area contributed by atoms with Gasteiger partial charge in [0, 0.05) is 0 Å². The van der Waals surface area contributed by atoms with Crippen molar-refractivity contribution in [2.24, 2.45) is 0 Å². The van der Waals surface area contributed by atoms with Crippen LogP contribution in [0.25, 0.3) is 0 Å². The highest BCUT2D eigenvalue weighted by Gasteiger charge is 2.58. The van der Waals surface area contributed by atoms with Gasteiger partial charge in [-0.1, -0.05) is 30.3 Å². The molecule has 3 saturated heterocycles. The third-order valence-corrected chi connectivity index (χ3v) is 4.76. The molecule has 142 valence electrons. The maximum atomic E-state index is 12.0. The Bertz CT molecular complexity index is 652. The molecular weight excluding hydrogens is 342 g/mol. The van der Waals surface area contributed by atoms with Crippen molar-refractivity contribution in [3.63, 3.8) is 0 Å². The number of carbonyl (C=O) groups excluding carboxylic acids is 1. The summed E-state index contributed by atoms with van der Waals surface area (Å²) in [7, 11) is 0. The molecular formula is C18H23NO7.